The van der Waals surface area contributed by atoms with E-state index < -0.39 is 0 Å². The van der Waals surface area contributed by atoms with E-state index in [1.807, 2.05) is 36.1 Å². The van der Waals surface area contributed by atoms with Crippen LogP contribution in [0.4, 0.5) is 10.5 Å². The summed E-state index contributed by atoms with van der Waals surface area (Å²) in [5, 5.41) is 3.00. The van der Waals surface area contributed by atoms with Gasteiger partial charge in [0.05, 0.1) is 0 Å². The van der Waals surface area contributed by atoms with Crippen molar-refractivity contribution in [2.24, 2.45) is 0 Å². The summed E-state index contributed by atoms with van der Waals surface area (Å²) in [6, 6.07) is 7.98. The van der Waals surface area contributed by atoms with Crippen LogP contribution in [0, 0.1) is 6.92 Å². The van der Waals surface area contributed by atoms with Gasteiger partial charge in [-0.2, -0.15) is 0 Å². The van der Waals surface area contributed by atoms with Gasteiger partial charge in [-0.1, -0.05) is 29.3 Å². The molecule has 1 aromatic carbocycles. The molecule has 0 unspecified atom stereocenters. The van der Waals surface area contributed by atoms with Crippen LogP contribution in [0.5, 0.6) is 0 Å². The van der Waals surface area contributed by atoms with Gasteiger partial charge in [0.15, 0.2) is 0 Å². The summed E-state index contributed by atoms with van der Waals surface area (Å²) in [6.45, 7) is 6.78. The molecule has 2 aliphatic rings. The number of hydrogen-bond donors (Lipinski definition) is 1. The van der Waals surface area contributed by atoms with Gasteiger partial charge in [-0.05, 0) is 51.2 Å². The Hall–Kier alpha value is -1.81. The van der Waals surface area contributed by atoms with E-state index in [2.05, 4.69) is 16.3 Å². The van der Waals surface area contributed by atoms with Crippen LogP contribution in [0.15, 0.2) is 35.9 Å². The van der Waals surface area contributed by atoms with E-state index in [9.17, 15) is 4.79 Å². The van der Waals surface area contributed by atoms with Crippen LogP contribution in [0.1, 0.15) is 37.7 Å². The summed E-state index contributed by atoms with van der Waals surface area (Å²) in [7, 11) is 0. The number of rotatable bonds is 4. The number of allylic oxidation sites excluding steroid dienone is 1. The Morgan fingerprint density at radius 1 is 1.08 bits per heavy atom. The molecule has 1 aliphatic heterocycles. The van der Waals surface area contributed by atoms with Crippen LogP contribution < -0.4 is 5.32 Å². The molecule has 0 spiro atoms. The summed E-state index contributed by atoms with van der Waals surface area (Å²) in [6.07, 6.45) is 8.92. The number of urea groups is 1. The normalized spacial score (nSPS) is 19.0. The second-order valence-corrected chi connectivity index (χ2v) is 6.98. The third kappa shape index (κ3) is 4.84. The Balaban J connectivity index is 1.40. The highest BCUT2D eigenvalue weighted by Crippen LogP contribution is 2.20. The highest BCUT2D eigenvalue weighted by Gasteiger charge is 2.21. The number of carbonyl (C=O) groups is 1. The second kappa shape index (κ2) is 8.34. The van der Waals surface area contributed by atoms with Crippen LogP contribution in [-0.2, 0) is 0 Å². The molecule has 4 heteroatoms. The lowest BCUT2D eigenvalue weighted by molar-refractivity contribution is 0.148. The number of hydrogen-bond acceptors (Lipinski definition) is 2. The second-order valence-electron chi connectivity index (χ2n) is 6.98. The van der Waals surface area contributed by atoms with Gasteiger partial charge in [-0.25, -0.2) is 4.79 Å². The number of benzene rings is 1. The molecule has 0 atom stereocenters. The minimum absolute atomic E-state index is 0.0218. The third-order valence-electron chi connectivity index (χ3n) is 5.10. The molecule has 0 radical (unpaired) electrons. The number of nitrogens with zero attached hydrogens (tertiary/aromatic N) is 2. The molecule has 0 saturated carbocycles. The van der Waals surface area contributed by atoms with Gasteiger partial charge in [-0.3, -0.25) is 4.90 Å². The Kier molecular flexibility index (Phi) is 5.91. The van der Waals surface area contributed by atoms with E-state index in [0.717, 1.165) is 38.4 Å². The third-order valence-corrected chi connectivity index (χ3v) is 5.10. The molecule has 2 amide bonds. The maximum Gasteiger partial charge on any atom is 0.321 e. The van der Waals surface area contributed by atoms with Gasteiger partial charge in [0.2, 0.25) is 0 Å². The predicted octanol–water partition coefficient (Wildman–Crippen LogP) is 4.04. The first-order valence-electron chi connectivity index (χ1n) is 9.23. The number of amides is 2. The fourth-order valence-electron chi connectivity index (χ4n) is 3.45. The zero-order valence-electron chi connectivity index (χ0n) is 14.8. The molecule has 0 aromatic heterocycles. The van der Waals surface area contributed by atoms with Crippen LogP contribution in [0.2, 0.25) is 0 Å². The van der Waals surface area contributed by atoms with E-state index >= 15 is 0 Å². The number of aryl methyl sites for hydroxylation is 1. The van der Waals surface area contributed by atoms with Crippen LogP contribution in [0.25, 0.3) is 0 Å². The van der Waals surface area contributed by atoms with Gasteiger partial charge < -0.3 is 10.2 Å². The fraction of sp³-hybridized carbons (Fsp3) is 0.550. The molecule has 1 N–H and O–H groups in total. The molecule has 24 heavy (non-hydrogen) atoms. The Morgan fingerprint density at radius 2 is 1.83 bits per heavy atom. The van der Waals surface area contributed by atoms with Crippen LogP contribution >= 0.6 is 0 Å². The zero-order valence-corrected chi connectivity index (χ0v) is 14.8. The Morgan fingerprint density at radius 3 is 2.50 bits per heavy atom. The largest absolute Gasteiger partial charge is 0.322 e. The van der Waals surface area contributed by atoms with Crippen molar-refractivity contribution in [3.8, 4) is 0 Å². The molecule has 1 heterocycles. The molecule has 1 saturated heterocycles. The summed E-state index contributed by atoms with van der Waals surface area (Å²) in [4.78, 5) is 16.8. The molecule has 0 bridgehead atoms. The topological polar surface area (TPSA) is 35.6 Å². The molecule has 1 fully saturated rings. The summed E-state index contributed by atoms with van der Waals surface area (Å²) in [5.74, 6) is 0. The first-order chi connectivity index (χ1) is 11.7. The van der Waals surface area contributed by atoms with Crippen molar-refractivity contribution >= 4 is 11.7 Å². The molecular weight excluding hydrogens is 298 g/mol. The number of piperazine rings is 1. The first kappa shape index (κ1) is 17.0. The van der Waals surface area contributed by atoms with Gasteiger partial charge >= 0.3 is 6.03 Å². The average Bonchev–Trinajstić information content (AvgIpc) is 2.63. The molecule has 1 aromatic rings. The van der Waals surface area contributed by atoms with Crippen molar-refractivity contribution in [1.29, 1.82) is 0 Å². The van der Waals surface area contributed by atoms with Gasteiger partial charge in [0.25, 0.3) is 0 Å². The SMILES string of the molecule is Cc1ccc(NC(=O)N2CCN(CCC3=CCCCC3)CC2)cc1. The smallest absolute Gasteiger partial charge is 0.321 e. The predicted molar refractivity (Wildman–Crippen MR) is 99.4 cm³/mol. The van der Waals surface area contributed by atoms with Crippen molar-refractivity contribution in [3.63, 3.8) is 0 Å². The van der Waals surface area contributed by atoms with Crippen molar-refractivity contribution in [2.45, 2.75) is 39.0 Å². The molecule has 130 valence electrons. The van der Waals surface area contributed by atoms with Gasteiger partial charge in [-0.15, -0.1) is 0 Å². The monoisotopic (exact) mass is 327 g/mol. The number of anilines is 1. The quantitative estimate of drug-likeness (QED) is 0.847. The van der Waals surface area contributed by atoms with E-state index in [-0.39, 0.29) is 6.03 Å². The van der Waals surface area contributed by atoms with E-state index in [1.54, 1.807) is 5.57 Å². The maximum atomic E-state index is 12.4. The van der Waals surface area contributed by atoms with E-state index in [1.165, 1.54) is 37.7 Å². The van der Waals surface area contributed by atoms with Gasteiger partial charge in [0, 0.05) is 38.4 Å². The minimum Gasteiger partial charge on any atom is -0.322 e. The standard InChI is InChI=1S/C20H29N3O/c1-17-7-9-19(10-8-17)21-20(24)23-15-13-22(14-16-23)12-11-18-5-3-2-4-6-18/h5,7-10H,2-4,6,11-16H2,1H3,(H,21,24). The van der Waals surface area contributed by atoms with E-state index in [4.69, 9.17) is 0 Å². The first-order valence-corrected chi connectivity index (χ1v) is 9.23. The number of nitrogens with one attached hydrogen (secondary N) is 1. The zero-order chi connectivity index (χ0) is 16.8. The lowest BCUT2D eigenvalue weighted by Crippen LogP contribution is -2.50. The van der Waals surface area contributed by atoms with Crippen LogP contribution in [-0.4, -0.2) is 48.6 Å². The highest BCUT2D eigenvalue weighted by atomic mass is 16.2. The Bertz CT molecular complexity index is 571. The molecule has 4 nitrogen and oxygen atoms in total. The summed E-state index contributed by atoms with van der Waals surface area (Å²) < 4.78 is 0. The lowest BCUT2D eigenvalue weighted by Gasteiger charge is -2.35. The van der Waals surface area contributed by atoms with Crippen molar-refractivity contribution in [3.05, 3.63) is 41.5 Å². The summed E-state index contributed by atoms with van der Waals surface area (Å²) >= 11 is 0. The Labute approximate surface area is 145 Å². The molecule has 1 aliphatic carbocycles. The molecular formula is C20H29N3O. The molecule has 3 rings (SSSR count). The van der Waals surface area contributed by atoms with Crippen molar-refractivity contribution < 1.29 is 4.79 Å². The van der Waals surface area contributed by atoms with Gasteiger partial charge in [0.1, 0.15) is 0 Å². The minimum atomic E-state index is 0.0218. The fourth-order valence-corrected chi connectivity index (χ4v) is 3.45. The highest BCUT2D eigenvalue weighted by molar-refractivity contribution is 5.89. The van der Waals surface area contributed by atoms with Crippen molar-refractivity contribution in [1.82, 2.24) is 9.80 Å². The average molecular weight is 327 g/mol. The number of carbonyl (C=O) groups excluding carboxylic acids is 1. The summed E-state index contributed by atoms with van der Waals surface area (Å²) in [5.41, 5.74) is 3.72. The van der Waals surface area contributed by atoms with Crippen molar-refractivity contribution in [2.75, 3.05) is 38.0 Å². The maximum absolute atomic E-state index is 12.4. The van der Waals surface area contributed by atoms with Crippen LogP contribution in [0.3, 0.4) is 0 Å². The lowest BCUT2D eigenvalue weighted by atomic mass is 9.97. The van der Waals surface area contributed by atoms with E-state index in [0.29, 0.717) is 0 Å².